The van der Waals surface area contributed by atoms with Gasteiger partial charge in [0.2, 0.25) is 0 Å². The molecule has 1 aromatic rings. The first-order valence-electron chi connectivity index (χ1n) is 7.80. The average Bonchev–Trinajstić information content (AvgIpc) is 2.73. The fourth-order valence-electron chi connectivity index (χ4n) is 2.86. The summed E-state index contributed by atoms with van der Waals surface area (Å²) in [4.78, 5) is 2.52. The van der Waals surface area contributed by atoms with Gasteiger partial charge in [0.1, 0.15) is 0 Å². The van der Waals surface area contributed by atoms with E-state index in [1.807, 2.05) is 0 Å². The summed E-state index contributed by atoms with van der Waals surface area (Å²) in [7, 11) is 1.75. The molecule has 2 atom stereocenters. The molecule has 0 spiro atoms. The second-order valence-corrected chi connectivity index (χ2v) is 5.85. The second-order valence-electron chi connectivity index (χ2n) is 5.85. The molecular weight excluding hydrogens is 248 g/mol. The van der Waals surface area contributed by atoms with Gasteiger partial charge in [-0.3, -0.25) is 0 Å². The molecule has 1 aliphatic rings. The Morgan fingerprint density at radius 3 is 3.05 bits per heavy atom. The van der Waals surface area contributed by atoms with Crippen molar-refractivity contribution in [3.63, 3.8) is 0 Å². The molecule has 3 heteroatoms. The predicted molar refractivity (Wildman–Crippen MR) is 85.2 cm³/mol. The molecule has 1 heterocycles. The number of methoxy groups -OCH3 is 1. The summed E-state index contributed by atoms with van der Waals surface area (Å²) in [6, 6.07) is 9.35. The van der Waals surface area contributed by atoms with E-state index in [1.54, 1.807) is 7.11 Å². The van der Waals surface area contributed by atoms with Crippen molar-refractivity contribution in [3.05, 3.63) is 29.8 Å². The standard InChI is InChI=1S/C17H28N2O/c1-4-14(2)17-12-19(10-6-9-18-17)16-8-5-7-15(11-16)13-20-3/h5,7-8,11,14,17-18H,4,6,9-10,12-13H2,1-3H3. The summed E-state index contributed by atoms with van der Waals surface area (Å²) in [5.41, 5.74) is 2.58. The minimum Gasteiger partial charge on any atom is -0.380 e. The Kier molecular flexibility index (Phi) is 5.86. The average molecular weight is 276 g/mol. The summed E-state index contributed by atoms with van der Waals surface area (Å²) < 4.78 is 5.24. The molecule has 112 valence electrons. The van der Waals surface area contributed by atoms with Crippen molar-refractivity contribution in [1.82, 2.24) is 5.32 Å². The third-order valence-corrected chi connectivity index (χ3v) is 4.35. The number of nitrogens with zero attached hydrogens (tertiary/aromatic N) is 1. The van der Waals surface area contributed by atoms with Crippen LogP contribution in [-0.2, 0) is 11.3 Å². The van der Waals surface area contributed by atoms with Crippen LogP contribution in [0, 0.1) is 5.92 Å². The van der Waals surface area contributed by atoms with Crippen LogP contribution in [-0.4, -0.2) is 32.8 Å². The molecule has 20 heavy (non-hydrogen) atoms. The van der Waals surface area contributed by atoms with Crippen molar-refractivity contribution in [2.75, 3.05) is 31.6 Å². The Morgan fingerprint density at radius 1 is 1.45 bits per heavy atom. The lowest BCUT2D eigenvalue weighted by molar-refractivity contribution is 0.185. The maximum atomic E-state index is 5.24. The number of nitrogens with one attached hydrogen (secondary N) is 1. The number of benzene rings is 1. The molecule has 1 saturated heterocycles. The third-order valence-electron chi connectivity index (χ3n) is 4.35. The minimum absolute atomic E-state index is 0.591. The summed E-state index contributed by atoms with van der Waals surface area (Å²) in [6.07, 6.45) is 2.44. The normalized spacial score (nSPS) is 21.6. The summed E-state index contributed by atoms with van der Waals surface area (Å²) in [5.74, 6) is 0.720. The number of rotatable bonds is 5. The summed E-state index contributed by atoms with van der Waals surface area (Å²) in [6.45, 7) is 8.68. The maximum Gasteiger partial charge on any atom is 0.0713 e. The molecule has 0 amide bonds. The van der Waals surface area contributed by atoms with Crippen molar-refractivity contribution in [1.29, 1.82) is 0 Å². The molecule has 0 aliphatic carbocycles. The van der Waals surface area contributed by atoms with E-state index in [9.17, 15) is 0 Å². The number of ether oxygens (including phenoxy) is 1. The van der Waals surface area contributed by atoms with Crippen molar-refractivity contribution in [3.8, 4) is 0 Å². The Balaban J connectivity index is 2.11. The lowest BCUT2D eigenvalue weighted by atomic mass is 9.98. The predicted octanol–water partition coefficient (Wildman–Crippen LogP) is 3.05. The Hall–Kier alpha value is -1.06. The van der Waals surface area contributed by atoms with E-state index in [2.05, 4.69) is 48.3 Å². The van der Waals surface area contributed by atoms with Crippen molar-refractivity contribution < 1.29 is 4.74 Å². The molecule has 1 N–H and O–H groups in total. The van der Waals surface area contributed by atoms with Gasteiger partial charge < -0.3 is 15.0 Å². The Labute approximate surface area is 123 Å². The van der Waals surface area contributed by atoms with E-state index in [4.69, 9.17) is 4.74 Å². The molecule has 0 saturated carbocycles. The number of anilines is 1. The van der Waals surface area contributed by atoms with E-state index in [1.165, 1.54) is 24.1 Å². The minimum atomic E-state index is 0.591. The van der Waals surface area contributed by atoms with Crippen LogP contribution in [0.5, 0.6) is 0 Å². The fourth-order valence-corrected chi connectivity index (χ4v) is 2.86. The highest BCUT2D eigenvalue weighted by Gasteiger charge is 2.21. The van der Waals surface area contributed by atoms with Crippen LogP contribution >= 0.6 is 0 Å². The first-order valence-corrected chi connectivity index (χ1v) is 7.80. The first-order chi connectivity index (χ1) is 9.74. The van der Waals surface area contributed by atoms with Gasteiger partial charge in [-0.1, -0.05) is 32.4 Å². The van der Waals surface area contributed by atoms with E-state index < -0.39 is 0 Å². The molecule has 0 bridgehead atoms. The molecule has 0 aromatic heterocycles. The van der Waals surface area contributed by atoms with Crippen LogP contribution in [0.15, 0.2) is 24.3 Å². The molecule has 2 rings (SSSR count). The monoisotopic (exact) mass is 276 g/mol. The third kappa shape index (κ3) is 3.97. The lowest BCUT2D eigenvalue weighted by Crippen LogP contribution is -2.42. The van der Waals surface area contributed by atoms with Gasteiger partial charge in [-0.15, -0.1) is 0 Å². The van der Waals surface area contributed by atoms with Gasteiger partial charge in [0.15, 0.2) is 0 Å². The van der Waals surface area contributed by atoms with E-state index in [0.717, 1.165) is 25.6 Å². The molecular formula is C17H28N2O. The van der Waals surface area contributed by atoms with Crippen molar-refractivity contribution >= 4 is 5.69 Å². The van der Waals surface area contributed by atoms with Gasteiger partial charge in [0.05, 0.1) is 6.61 Å². The molecule has 3 nitrogen and oxygen atoms in total. The zero-order chi connectivity index (χ0) is 14.4. The van der Waals surface area contributed by atoms with Crippen LogP contribution in [0.3, 0.4) is 0 Å². The molecule has 1 aromatic carbocycles. The van der Waals surface area contributed by atoms with Crippen LogP contribution < -0.4 is 10.2 Å². The number of hydrogen-bond donors (Lipinski definition) is 1. The zero-order valence-corrected chi connectivity index (χ0v) is 13.1. The highest BCUT2D eigenvalue weighted by atomic mass is 16.5. The highest BCUT2D eigenvalue weighted by molar-refractivity contribution is 5.49. The van der Waals surface area contributed by atoms with Crippen LogP contribution in [0.25, 0.3) is 0 Å². The van der Waals surface area contributed by atoms with Crippen molar-refractivity contribution in [2.45, 2.75) is 39.3 Å². The van der Waals surface area contributed by atoms with Gasteiger partial charge in [0.25, 0.3) is 0 Å². The van der Waals surface area contributed by atoms with E-state index in [-0.39, 0.29) is 0 Å². The highest BCUT2D eigenvalue weighted by Crippen LogP contribution is 2.21. The fraction of sp³-hybridized carbons (Fsp3) is 0.647. The van der Waals surface area contributed by atoms with Gasteiger partial charge in [-0.05, 0) is 36.6 Å². The van der Waals surface area contributed by atoms with Gasteiger partial charge in [-0.25, -0.2) is 0 Å². The largest absolute Gasteiger partial charge is 0.380 e. The van der Waals surface area contributed by atoms with Gasteiger partial charge in [0, 0.05) is 31.9 Å². The summed E-state index contributed by atoms with van der Waals surface area (Å²) >= 11 is 0. The quantitative estimate of drug-likeness (QED) is 0.894. The van der Waals surface area contributed by atoms with Crippen LogP contribution in [0.4, 0.5) is 5.69 Å². The van der Waals surface area contributed by atoms with Crippen LogP contribution in [0.2, 0.25) is 0 Å². The zero-order valence-electron chi connectivity index (χ0n) is 13.1. The molecule has 2 unspecified atom stereocenters. The van der Waals surface area contributed by atoms with E-state index in [0.29, 0.717) is 12.6 Å². The molecule has 1 aliphatic heterocycles. The summed E-state index contributed by atoms with van der Waals surface area (Å²) in [5, 5.41) is 3.71. The Morgan fingerprint density at radius 2 is 2.30 bits per heavy atom. The van der Waals surface area contributed by atoms with Crippen molar-refractivity contribution in [2.24, 2.45) is 5.92 Å². The smallest absolute Gasteiger partial charge is 0.0713 e. The maximum absolute atomic E-state index is 5.24. The van der Waals surface area contributed by atoms with E-state index >= 15 is 0 Å². The van der Waals surface area contributed by atoms with Crippen LogP contribution in [0.1, 0.15) is 32.3 Å². The second kappa shape index (κ2) is 7.65. The van der Waals surface area contributed by atoms with Gasteiger partial charge in [-0.2, -0.15) is 0 Å². The topological polar surface area (TPSA) is 24.5 Å². The molecule has 0 radical (unpaired) electrons. The first kappa shape index (κ1) is 15.3. The molecule has 1 fully saturated rings. The van der Waals surface area contributed by atoms with Gasteiger partial charge >= 0.3 is 0 Å². The number of hydrogen-bond acceptors (Lipinski definition) is 3. The Bertz CT molecular complexity index is 408. The lowest BCUT2D eigenvalue weighted by Gasteiger charge is -2.29. The SMILES string of the molecule is CCC(C)C1CN(c2cccc(COC)c2)CCCN1.